The van der Waals surface area contributed by atoms with Gasteiger partial charge in [-0.1, -0.05) is 168 Å². The monoisotopic (exact) mass is 793 g/mol. The molecule has 0 saturated carbocycles. The number of hydrogen-bond donors (Lipinski definition) is 0. The van der Waals surface area contributed by atoms with Crippen LogP contribution in [0.2, 0.25) is 0 Å². The molecular weight excluding hydrogens is 713 g/mol. The van der Waals surface area contributed by atoms with Gasteiger partial charge in [-0.2, -0.15) is 0 Å². The minimum absolute atomic E-state index is 0.502. The van der Waals surface area contributed by atoms with E-state index in [9.17, 15) is 0 Å². The Hall–Kier alpha value is -3.40. The predicted molar refractivity (Wildman–Crippen MR) is 251 cm³/mol. The topological polar surface area (TPSA) is 36.9 Å². The number of fused-ring (bicyclic) bond motifs is 6. The molecule has 0 aromatic heterocycles. The molecule has 1 aliphatic rings. The molecule has 0 fully saturated rings. The zero-order valence-corrected chi connectivity index (χ0v) is 38.5. The molecule has 4 atom stereocenters. The maximum atomic E-state index is 7.23. The molecule has 5 rings (SSSR count). The minimum Gasteiger partial charge on any atom is -0.492 e. The van der Waals surface area contributed by atoms with E-state index in [1.165, 1.54) is 88.2 Å². The molecule has 0 amide bonds. The van der Waals surface area contributed by atoms with Crippen molar-refractivity contribution in [2.24, 2.45) is 23.7 Å². The van der Waals surface area contributed by atoms with E-state index in [2.05, 4.69) is 106 Å². The first-order valence-electron chi connectivity index (χ1n) is 24.0. The summed E-state index contributed by atoms with van der Waals surface area (Å²) >= 11 is 0. The second-order valence-corrected chi connectivity index (χ2v) is 17.8. The first kappa shape index (κ1) is 45.7. The summed E-state index contributed by atoms with van der Waals surface area (Å²) < 4.78 is 28.9. The van der Waals surface area contributed by atoms with Gasteiger partial charge in [-0.25, -0.2) is 0 Å². The van der Waals surface area contributed by atoms with Crippen molar-refractivity contribution in [3.63, 3.8) is 0 Å². The number of benzene rings is 4. The number of rotatable bonds is 28. The second-order valence-electron chi connectivity index (χ2n) is 17.8. The fourth-order valence-electron chi connectivity index (χ4n) is 8.97. The molecule has 58 heavy (non-hydrogen) atoms. The largest absolute Gasteiger partial charge is 0.492 e. The van der Waals surface area contributed by atoms with E-state index in [1.54, 1.807) is 0 Å². The van der Waals surface area contributed by atoms with Crippen molar-refractivity contribution < 1.29 is 18.9 Å². The van der Waals surface area contributed by atoms with Crippen LogP contribution in [0.4, 0.5) is 0 Å². The third kappa shape index (κ3) is 10.7. The van der Waals surface area contributed by atoms with Crippen molar-refractivity contribution >= 4 is 21.5 Å². The van der Waals surface area contributed by atoms with Crippen LogP contribution < -0.4 is 18.9 Å². The highest BCUT2D eigenvalue weighted by molar-refractivity contribution is 6.24. The van der Waals surface area contributed by atoms with Crippen molar-refractivity contribution in [2.75, 3.05) is 26.4 Å². The molecular formula is C54H80O4. The fraction of sp³-hybridized carbons (Fsp3) is 0.630. The molecule has 0 bridgehead atoms. The Labute approximate surface area is 354 Å². The third-order valence-corrected chi connectivity index (χ3v) is 13.3. The molecule has 4 unspecified atom stereocenters. The third-order valence-electron chi connectivity index (χ3n) is 13.3. The standard InChI is InChI=1S/C54H80O4/c1-11-19-23-39(15-5)33-55-51-43-29-27-37(9)31-45(43)53(57-35-41(17-7)25-21-13-3)49-47(51)50-48(49)52(56-34-40(16-6)24-20-12-2)44-30-28-38(10)32-46(44)54(50)58-36-42(18-8)26-22-14-4/h27-32,39-42H,11-26,33-36H2,1-10H3. The van der Waals surface area contributed by atoms with Gasteiger partial charge in [0.25, 0.3) is 0 Å². The Morgan fingerprint density at radius 1 is 0.362 bits per heavy atom. The Morgan fingerprint density at radius 2 is 0.621 bits per heavy atom. The first-order chi connectivity index (χ1) is 28.3. The number of aryl methyl sites for hydroxylation is 2. The molecule has 0 spiro atoms. The van der Waals surface area contributed by atoms with Crippen LogP contribution in [0.5, 0.6) is 23.0 Å². The van der Waals surface area contributed by atoms with Gasteiger partial charge in [-0.05, 0) is 75.3 Å². The van der Waals surface area contributed by atoms with E-state index >= 15 is 0 Å². The van der Waals surface area contributed by atoms with Gasteiger partial charge >= 0.3 is 0 Å². The molecule has 4 heteroatoms. The van der Waals surface area contributed by atoms with E-state index in [-0.39, 0.29) is 0 Å². The molecule has 4 nitrogen and oxygen atoms in total. The molecule has 320 valence electrons. The molecule has 0 aliphatic heterocycles. The van der Waals surface area contributed by atoms with E-state index in [4.69, 9.17) is 18.9 Å². The van der Waals surface area contributed by atoms with E-state index < -0.39 is 0 Å². The first-order valence-corrected chi connectivity index (χ1v) is 24.0. The van der Waals surface area contributed by atoms with Crippen molar-refractivity contribution in [3.05, 3.63) is 47.5 Å². The summed E-state index contributed by atoms with van der Waals surface area (Å²) in [6.45, 7) is 25.6. The second kappa shape index (κ2) is 22.8. The highest BCUT2D eigenvalue weighted by Gasteiger charge is 2.41. The van der Waals surface area contributed by atoms with Crippen LogP contribution in [0.1, 0.15) is 169 Å². The SMILES string of the molecule is CCCCC(CC)COc1c2c(c(OCC(CC)CCCC)c3cc(C)ccc13)-c1c-2c(OCC(CC)CCCC)c2cc(C)ccc2c1OCC(CC)CCCC. The Bertz CT molecular complexity index is 1740. The van der Waals surface area contributed by atoms with Crippen LogP contribution in [0.3, 0.4) is 0 Å². The van der Waals surface area contributed by atoms with Gasteiger partial charge in [-0.15, -0.1) is 0 Å². The molecule has 0 radical (unpaired) electrons. The van der Waals surface area contributed by atoms with E-state index in [1.807, 2.05) is 0 Å². The lowest BCUT2D eigenvalue weighted by Crippen LogP contribution is -2.19. The molecule has 0 saturated heterocycles. The lowest BCUT2D eigenvalue weighted by atomic mass is 9.74. The molecule has 4 aromatic carbocycles. The Kier molecular flexibility index (Phi) is 18.0. The highest BCUT2D eigenvalue weighted by atomic mass is 16.5. The molecule has 1 aliphatic carbocycles. The number of hydrogen-bond acceptors (Lipinski definition) is 4. The quantitative estimate of drug-likeness (QED) is 0.0505. The van der Waals surface area contributed by atoms with Gasteiger partial charge in [-0.3, -0.25) is 0 Å². The minimum atomic E-state index is 0.502. The predicted octanol–water partition coefficient (Wildman–Crippen LogP) is 16.6. The van der Waals surface area contributed by atoms with Crippen LogP contribution in [0.25, 0.3) is 43.8 Å². The van der Waals surface area contributed by atoms with Crippen molar-refractivity contribution in [2.45, 2.75) is 172 Å². The van der Waals surface area contributed by atoms with Crippen LogP contribution >= 0.6 is 0 Å². The van der Waals surface area contributed by atoms with Gasteiger partial charge < -0.3 is 18.9 Å². The maximum absolute atomic E-state index is 7.23. The van der Waals surface area contributed by atoms with Crippen molar-refractivity contribution in [3.8, 4) is 45.3 Å². The molecule has 0 N–H and O–H groups in total. The summed E-state index contributed by atoms with van der Waals surface area (Å²) in [5.74, 6) is 5.93. The normalized spacial score (nSPS) is 14.1. The summed E-state index contributed by atoms with van der Waals surface area (Å²) in [6, 6.07) is 13.7. The van der Waals surface area contributed by atoms with Gasteiger partial charge in [0.05, 0.1) is 26.4 Å². The lowest BCUT2D eigenvalue weighted by Gasteiger charge is -2.36. The summed E-state index contributed by atoms with van der Waals surface area (Å²) in [5.41, 5.74) is 7.05. The smallest absolute Gasteiger partial charge is 0.136 e. The maximum Gasteiger partial charge on any atom is 0.136 e. The average Bonchev–Trinajstić information content (AvgIpc) is 3.23. The van der Waals surface area contributed by atoms with Crippen LogP contribution in [0, 0.1) is 37.5 Å². The summed E-state index contributed by atoms with van der Waals surface area (Å²) in [6.07, 6.45) is 18.9. The summed E-state index contributed by atoms with van der Waals surface area (Å²) in [7, 11) is 0. The van der Waals surface area contributed by atoms with Gasteiger partial charge in [0, 0.05) is 43.8 Å². The lowest BCUT2D eigenvalue weighted by molar-refractivity contribution is 0.228. The fourth-order valence-corrected chi connectivity index (χ4v) is 8.97. The highest BCUT2D eigenvalue weighted by Crippen LogP contribution is 2.67. The Balaban J connectivity index is 1.81. The number of unbranched alkanes of at least 4 members (excludes halogenated alkanes) is 4. The summed E-state index contributed by atoms with van der Waals surface area (Å²) in [5, 5.41) is 4.55. The number of ether oxygens (including phenoxy) is 4. The van der Waals surface area contributed by atoms with Gasteiger partial charge in [0.2, 0.25) is 0 Å². The Morgan fingerprint density at radius 3 is 0.862 bits per heavy atom. The van der Waals surface area contributed by atoms with E-state index in [0.717, 1.165) is 92.5 Å². The molecule has 4 aromatic rings. The van der Waals surface area contributed by atoms with Crippen molar-refractivity contribution in [1.82, 2.24) is 0 Å². The van der Waals surface area contributed by atoms with Crippen LogP contribution in [-0.2, 0) is 0 Å². The van der Waals surface area contributed by atoms with Crippen molar-refractivity contribution in [1.29, 1.82) is 0 Å². The zero-order valence-electron chi connectivity index (χ0n) is 38.5. The average molecular weight is 793 g/mol. The van der Waals surface area contributed by atoms with Crippen LogP contribution in [-0.4, -0.2) is 26.4 Å². The van der Waals surface area contributed by atoms with Gasteiger partial charge in [0.1, 0.15) is 23.0 Å². The zero-order chi connectivity index (χ0) is 41.6. The molecule has 0 heterocycles. The van der Waals surface area contributed by atoms with E-state index in [0.29, 0.717) is 50.1 Å². The van der Waals surface area contributed by atoms with Gasteiger partial charge in [0.15, 0.2) is 0 Å². The summed E-state index contributed by atoms with van der Waals surface area (Å²) in [4.78, 5) is 0. The van der Waals surface area contributed by atoms with Crippen LogP contribution in [0.15, 0.2) is 36.4 Å².